The Labute approximate surface area is 108 Å². The molecule has 1 aliphatic heterocycles. The molecule has 0 saturated carbocycles. The number of esters is 1. The first-order valence-electron chi connectivity index (χ1n) is 4.92. The van der Waals surface area contributed by atoms with Gasteiger partial charge in [0, 0.05) is 16.3 Å². The highest BCUT2D eigenvalue weighted by molar-refractivity contribution is 6.37. The summed E-state index contributed by atoms with van der Waals surface area (Å²) in [7, 11) is 1.14. The molecular formula is C12H7ClN2O3. The van der Waals surface area contributed by atoms with Gasteiger partial charge in [0.1, 0.15) is 6.07 Å². The van der Waals surface area contributed by atoms with Crippen molar-refractivity contribution in [1.82, 2.24) is 0 Å². The Morgan fingerprint density at radius 1 is 1.50 bits per heavy atom. The fourth-order valence-electron chi connectivity index (χ4n) is 1.69. The number of nitriles is 1. The van der Waals surface area contributed by atoms with Crippen LogP contribution in [0.1, 0.15) is 5.56 Å². The highest BCUT2D eigenvalue weighted by Crippen LogP contribution is 2.35. The minimum atomic E-state index is -0.851. The zero-order chi connectivity index (χ0) is 13.3. The topological polar surface area (TPSA) is 79.2 Å². The Hall–Kier alpha value is -2.32. The van der Waals surface area contributed by atoms with E-state index in [4.69, 9.17) is 16.9 Å². The third-order valence-corrected chi connectivity index (χ3v) is 2.71. The lowest BCUT2D eigenvalue weighted by atomic mass is 10.0. The Bertz CT molecular complexity index is 629. The van der Waals surface area contributed by atoms with E-state index in [0.29, 0.717) is 16.3 Å². The van der Waals surface area contributed by atoms with Crippen molar-refractivity contribution in [2.45, 2.75) is 0 Å². The highest BCUT2D eigenvalue weighted by Gasteiger charge is 2.30. The molecule has 0 unspecified atom stereocenters. The summed E-state index contributed by atoms with van der Waals surface area (Å²) < 4.78 is 4.48. The molecule has 90 valence electrons. The van der Waals surface area contributed by atoms with Crippen LogP contribution in [0.4, 0.5) is 5.69 Å². The average Bonchev–Trinajstić information content (AvgIpc) is 2.67. The van der Waals surface area contributed by atoms with E-state index < -0.39 is 11.9 Å². The van der Waals surface area contributed by atoms with Crippen LogP contribution in [0.25, 0.3) is 5.57 Å². The molecule has 1 aromatic rings. The second kappa shape index (κ2) is 4.51. The largest absolute Gasteiger partial charge is 0.465 e. The van der Waals surface area contributed by atoms with Crippen molar-refractivity contribution in [3.05, 3.63) is 34.4 Å². The summed E-state index contributed by atoms with van der Waals surface area (Å²) in [5, 5.41) is 11.9. The SMILES string of the molecule is COC(=O)C(C#N)=C1C(=O)Nc2ccc(Cl)cc21. The van der Waals surface area contributed by atoms with Crippen LogP contribution in [-0.4, -0.2) is 19.0 Å². The highest BCUT2D eigenvalue weighted by atomic mass is 35.5. The summed E-state index contributed by atoms with van der Waals surface area (Å²) in [6, 6.07) is 6.42. The molecule has 0 radical (unpaired) electrons. The number of amides is 1. The first-order valence-corrected chi connectivity index (χ1v) is 5.30. The quantitative estimate of drug-likeness (QED) is 0.475. The van der Waals surface area contributed by atoms with Gasteiger partial charge in [-0.05, 0) is 18.2 Å². The van der Waals surface area contributed by atoms with Crippen LogP contribution in [0.3, 0.4) is 0 Å². The molecule has 2 rings (SSSR count). The molecule has 0 aliphatic carbocycles. The van der Waals surface area contributed by atoms with Gasteiger partial charge in [-0.25, -0.2) is 4.79 Å². The number of hydrogen-bond acceptors (Lipinski definition) is 4. The minimum Gasteiger partial charge on any atom is -0.465 e. The number of rotatable bonds is 1. The van der Waals surface area contributed by atoms with Gasteiger partial charge in [-0.1, -0.05) is 11.6 Å². The second-order valence-corrected chi connectivity index (χ2v) is 3.93. The molecule has 0 aromatic heterocycles. The number of methoxy groups -OCH3 is 1. The van der Waals surface area contributed by atoms with Crippen LogP contribution in [-0.2, 0) is 14.3 Å². The fourth-order valence-corrected chi connectivity index (χ4v) is 1.87. The van der Waals surface area contributed by atoms with E-state index in [-0.39, 0.29) is 11.1 Å². The van der Waals surface area contributed by atoms with Crippen molar-refractivity contribution in [1.29, 1.82) is 5.26 Å². The Morgan fingerprint density at radius 3 is 2.83 bits per heavy atom. The summed E-state index contributed by atoms with van der Waals surface area (Å²) >= 11 is 5.84. The standard InChI is InChI=1S/C12H7ClN2O3/c1-18-12(17)8(5-14)10-7-4-6(13)2-3-9(7)15-11(10)16/h2-4H,1H3,(H,15,16). The van der Waals surface area contributed by atoms with Crippen molar-refractivity contribution in [2.24, 2.45) is 0 Å². The monoisotopic (exact) mass is 262 g/mol. The predicted molar refractivity (Wildman–Crippen MR) is 64.6 cm³/mol. The molecule has 1 aliphatic rings. The molecule has 1 aromatic carbocycles. The van der Waals surface area contributed by atoms with Gasteiger partial charge >= 0.3 is 5.97 Å². The molecule has 0 spiro atoms. The van der Waals surface area contributed by atoms with Crippen molar-refractivity contribution >= 4 is 34.7 Å². The zero-order valence-corrected chi connectivity index (χ0v) is 10.0. The Kier molecular flexibility index (Phi) is 3.04. The average molecular weight is 263 g/mol. The summed E-state index contributed by atoms with van der Waals surface area (Å²) in [6.45, 7) is 0. The van der Waals surface area contributed by atoms with Crippen molar-refractivity contribution in [3.63, 3.8) is 0 Å². The van der Waals surface area contributed by atoms with Crippen molar-refractivity contribution in [2.75, 3.05) is 12.4 Å². The molecule has 18 heavy (non-hydrogen) atoms. The van der Waals surface area contributed by atoms with Gasteiger partial charge in [-0.2, -0.15) is 5.26 Å². The van der Waals surface area contributed by atoms with Gasteiger partial charge in [0.2, 0.25) is 0 Å². The van der Waals surface area contributed by atoms with Crippen molar-refractivity contribution in [3.8, 4) is 6.07 Å². The van der Waals surface area contributed by atoms with E-state index in [9.17, 15) is 9.59 Å². The molecule has 0 atom stereocenters. The Morgan fingerprint density at radius 2 is 2.22 bits per heavy atom. The minimum absolute atomic E-state index is 0.0122. The number of nitrogens with one attached hydrogen (secondary N) is 1. The summed E-state index contributed by atoms with van der Waals surface area (Å²) in [5.41, 5.74) is 0.586. The first kappa shape index (κ1) is 12.1. The third-order valence-electron chi connectivity index (χ3n) is 2.48. The molecule has 1 heterocycles. The number of carbonyl (C=O) groups excluding carboxylic acids is 2. The molecule has 5 nitrogen and oxygen atoms in total. The summed E-state index contributed by atoms with van der Waals surface area (Å²) in [4.78, 5) is 23.2. The number of hydrogen-bond donors (Lipinski definition) is 1. The van der Waals surface area contributed by atoms with Gasteiger partial charge in [0.15, 0.2) is 5.57 Å². The van der Waals surface area contributed by atoms with Gasteiger partial charge < -0.3 is 10.1 Å². The number of nitrogens with zero attached hydrogens (tertiary/aromatic N) is 1. The van der Waals surface area contributed by atoms with Crippen LogP contribution in [0, 0.1) is 11.3 Å². The number of benzene rings is 1. The van der Waals surface area contributed by atoms with Crippen LogP contribution in [0.2, 0.25) is 5.02 Å². The predicted octanol–water partition coefficient (Wildman–Crippen LogP) is 1.74. The van der Waals surface area contributed by atoms with E-state index >= 15 is 0 Å². The van der Waals surface area contributed by atoms with Crippen LogP contribution >= 0.6 is 11.6 Å². The lowest BCUT2D eigenvalue weighted by Crippen LogP contribution is -2.11. The molecule has 1 N–H and O–H groups in total. The second-order valence-electron chi connectivity index (χ2n) is 3.50. The lowest BCUT2D eigenvalue weighted by Gasteiger charge is -2.01. The third kappa shape index (κ3) is 1.83. The van der Waals surface area contributed by atoms with Crippen molar-refractivity contribution < 1.29 is 14.3 Å². The number of carbonyl (C=O) groups is 2. The molecule has 0 bridgehead atoms. The Balaban J connectivity index is 2.70. The fraction of sp³-hybridized carbons (Fsp3) is 0.0833. The van der Waals surface area contributed by atoms with Gasteiger partial charge in [-0.15, -0.1) is 0 Å². The molecule has 6 heteroatoms. The number of ether oxygens (including phenoxy) is 1. The lowest BCUT2D eigenvalue weighted by molar-refractivity contribution is -0.135. The maximum Gasteiger partial charge on any atom is 0.349 e. The maximum atomic E-state index is 11.8. The summed E-state index contributed by atoms with van der Waals surface area (Å²) in [5.74, 6) is -1.37. The number of anilines is 1. The number of halogens is 1. The molecule has 0 saturated heterocycles. The number of fused-ring (bicyclic) bond motifs is 1. The van der Waals surface area contributed by atoms with Gasteiger partial charge in [0.25, 0.3) is 5.91 Å². The van der Waals surface area contributed by atoms with Crippen LogP contribution in [0.15, 0.2) is 23.8 Å². The van der Waals surface area contributed by atoms with Crippen LogP contribution in [0.5, 0.6) is 0 Å². The van der Waals surface area contributed by atoms with E-state index in [2.05, 4.69) is 10.1 Å². The van der Waals surface area contributed by atoms with E-state index in [1.807, 2.05) is 0 Å². The van der Waals surface area contributed by atoms with Gasteiger partial charge in [-0.3, -0.25) is 4.79 Å². The normalized spacial score (nSPS) is 15.5. The maximum absolute atomic E-state index is 11.8. The van der Waals surface area contributed by atoms with E-state index in [0.717, 1.165) is 7.11 Å². The molecular weight excluding hydrogens is 256 g/mol. The van der Waals surface area contributed by atoms with E-state index in [1.54, 1.807) is 18.2 Å². The summed E-state index contributed by atoms with van der Waals surface area (Å²) in [6.07, 6.45) is 0. The van der Waals surface area contributed by atoms with Gasteiger partial charge in [0.05, 0.1) is 12.7 Å². The zero-order valence-electron chi connectivity index (χ0n) is 9.28. The van der Waals surface area contributed by atoms with Crippen LogP contribution < -0.4 is 5.32 Å². The first-order chi connectivity index (χ1) is 8.58. The smallest absolute Gasteiger partial charge is 0.349 e. The van der Waals surface area contributed by atoms with E-state index in [1.165, 1.54) is 6.07 Å². The molecule has 0 fully saturated rings. The molecule has 1 amide bonds.